The Hall–Kier alpha value is -2.65. The van der Waals surface area contributed by atoms with Gasteiger partial charge in [0.15, 0.2) is 11.5 Å². The number of hydrogen-bond acceptors (Lipinski definition) is 4. The Morgan fingerprint density at radius 1 is 1.17 bits per heavy atom. The van der Waals surface area contributed by atoms with Gasteiger partial charge in [0, 0.05) is 6.20 Å². The molecular weight excluding hydrogens is 419 g/mol. The molecule has 0 fully saturated rings. The lowest BCUT2D eigenvalue weighted by molar-refractivity contribution is -0.137. The van der Waals surface area contributed by atoms with E-state index in [1.54, 1.807) is 36.6 Å². The Morgan fingerprint density at radius 2 is 1.80 bits per heavy atom. The number of nitrogens with two attached hydrogens (primary N) is 1. The van der Waals surface area contributed by atoms with Crippen molar-refractivity contribution in [1.29, 1.82) is 0 Å². The molecule has 3 aromatic rings. The number of alkyl halides is 3. The summed E-state index contributed by atoms with van der Waals surface area (Å²) in [5.74, 6) is -0.0480. The normalized spacial score (nSPS) is 13.0. The second-order valence-electron chi connectivity index (χ2n) is 7.28. The third-order valence-corrected chi connectivity index (χ3v) is 4.54. The lowest BCUT2D eigenvalue weighted by atomic mass is 10.0. The van der Waals surface area contributed by atoms with Crippen molar-refractivity contribution in [2.24, 2.45) is 5.73 Å². The van der Waals surface area contributed by atoms with E-state index in [0.29, 0.717) is 22.1 Å². The van der Waals surface area contributed by atoms with E-state index >= 15 is 0 Å². The highest BCUT2D eigenvalue weighted by molar-refractivity contribution is 6.30. The van der Waals surface area contributed by atoms with Crippen molar-refractivity contribution in [2.75, 3.05) is 0 Å². The number of rotatable bonds is 5. The number of benzene rings is 1. The molecule has 3 rings (SSSR count). The summed E-state index contributed by atoms with van der Waals surface area (Å²) in [4.78, 5) is 12.5. The van der Waals surface area contributed by atoms with Crippen molar-refractivity contribution >= 4 is 23.2 Å². The van der Waals surface area contributed by atoms with Crippen LogP contribution in [0.15, 0.2) is 42.6 Å². The fourth-order valence-corrected chi connectivity index (χ4v) is 2.90. The summed E-state index contributed by atoms with van der Waals surface area (Å²) in [6.07, 6.45) is -2.63. The molecule has 0 aliphatic rings. The zero-order chi connectivity index (χ0) is 21.4. The van der Waals surface area contributed by atoms with Gasteiger partial charge in [-0.3, -0.25) is 9.20 Å². The molecule has 162 valence electrons. The van der Waals surface area contributed by atoms with Crippen LogP contribution in [0.25, 0.3) is 5.65 Å². The number of fused-ring (bicyclic) bond motifs is 1. The Bertz CT molecular complexity index is 1030. The number of nitrogens with one attached hydrogen (secondary N) is 1. The molecule has 0 radical (unpaired) electrons. The highest BCUT2D eigenvalue weighted by Crippen LogP contribution is 2.30. The van der Waals surface area contributed by atoms with Crippen LogP contribution in [0.4, 0.5) is 13.2 Å². The smallest absolute Gasteiger partial charge is 0.344 e. The van der Waals surface area contributed by atoms with Gasteiger partial charge in [-0.25, -0.2) is 0 Å². The minimum atomic E-state index is -4.42. The third kappa shape index (κ3) is 5.28. The highest BCUT2D eigenvalue weighted by atomic mass is 35.5. The predicted octanol–water partition coefficient (Wildman–Crippen LogP) is 4.17. The standard InChI is InChI=1S/C19H19ClF3N5O.CH4/c1-18(2,24)17(29)25-14(9-11-3-5-12(6-4-11)19(21,22)23)16-27-26-15-8-7-13(20)10-28(15)16;/h3-8,10,14H,9,24H2,1-2H3,(H,25,29);1H4/t14-;/m1./s1. The van der Waals surface area contributed by atoms with Gasteiger partial charge in [-0.1, -0.05) is 31.2 Å². The minimum Gasteiger partial charge on any atom is -0.344 e. The van der Waals surface area contributed by atoms with E-state index in [1.165, 1.54) is 12.1 Å². The first kappa shape index (κ1) is 23.6. The van der Waals surface area contributed by atoms with Gasteiger partial charge in [0.1, 0.15) is 0 Å². The van der Waals surface area contributed by atoms with Crippen LogP contribution in [0, 0.1) is 0 Å². The number of pyridine rings is 1. The fourth-order valence-electron chi connectivity index (χ4n) is 2.74. The van der Waals surface area contributed by atoms with E-state index in [4.69, 9.17) is 17.3 Å². The van der Waals surface area contributed by atoms with Crippen molar-refractivity contribution in [3.8, 4) is 0 Å². The number of carbonyl (C=O) groups excluding carboxylic acids is 1. The number of carbonyl (C=O) groups is 1. The van der Waals surface area contributed by atoms with E-state index in [-0.39, 0.29) is 13.8 Å². The zero-order valence-electron chi connectivity index (χ0n) is 15.7. The van der Waals surface area contributed by atoms with E-state index in [1.807, 2.05) is 0 Å². The topological polar surface area (TPSA) is 85.3 Å². The molecule has 2 heterocycles. The van der Waals surface area contributed by atoms with Crippen molar-refractivity contribution in [2.45, 2.75) is 45.5 Å². The maximum atomic E-state index is 12.8. The first-order valence-corrected chi connectivity index (χ1v) is 9.09. The minimum absolute atomic E-state index is 0. The molecule has 0 saturated carbocycles. The maximum Gasteiger partial charge on any atom is 0.416 e. The van der Waals surface area contributed by atoms with Gasteiger partial charge in [-0.2, -0.15) is 13.2 Å². The Morgan fingerprint density at radius 3 is 2.37 bits per heavy atom. The van der Waals surface area contributed by atoms with E-state index < -0.39 is 29.2 Å². The Kier molecular flexibility index (Phi) is 6.78. The number of halogens is 4. The van der Waals surface area contributed by atoms with Crippen LogP contribution < -0.4 is 11.1 Å². The average Bonchev–Trinajstić information content (AvgIpc) is 3.03. The van der Waals surface area contributed by atoms with Crippen LogP contribution in [0.1, 0.15) is 44.3 Å². The number of nitrogens with zero attached hydrogens (tertiary/aromatic N) is 3. The molecule has 10 heteroatoms. The molecule has 30 heavy (non-hydrogen) atoms. The van der Waals surface area contributed by atoms with Gasteiger partial charge in [0.2, 0.25) is 5.91 Å². The lowest BCUT2D eigenvalue weighted by Crippen LogP contribution is -2.50. The molecule has 0 unspecified atom stereocenters. The summed E-state index contributed by atoms with van der Waals surface area (Å²) in [5.41, 5.74) is 5.07. The first-order valence-electron chi connectivity index (χ1n) is 8.71. The molecule has 0 saturated heterocycles. The van der Waals surface area contributed by atoms with Crippen LogP contribution in [-0.2, 0) is 17.4 Å². The average molecular weight is 442 g/mol. The number of amides is 1. The molecule has 1 atom stereocenters. The number of aromatic nitrogens is 3. The van der Waals surface area contributed by atoms with Gasteiger partial charge in [0.25, 0.3) is 0 Å². The van der Waals surface area contributed by atoms with Gasteiger partial charge in [-0.05, 0) is 50.1 Å². The van der Waals surface area contributed by atoms with Gasteiger partial charge in [-0.15, -0.1) is 10.2 Å². The Labute approximate surface area is 177 Å². The molecular formula is C20H23ClF3N5O. The highest BCUT2D eigenvalue weighted by Gasteiger charge is 2.31. The maximum absolute atomic E-state index is 12.8. The summed E-state index contributed by atoms with van der Waals surface area (Å²) < 4.78 is 40.1. The van der Waals surface area contributed by atoms with Crippen molar-refractivity contribution in [1.82, 2.24) is 19.9 Å². The monoisotopic (exact) mass is 441 g/mol. The van der Waals surface area contributed by atoms with Crippen LogP contribution in [0.5, 0.6) is 0 Å². The molecule has 2 aromatic heterocycles. The van der Waals surface area contributed by atoms with Gasteiger partial charge in [0.05, 0.1) is 22.2 Å². The molecule has 1 aromatic carbocycles. The lowest BCUT2D eigenvalue weighted by Gasteiger charge is -2.23. The molecule has 6 nitrogen and oxygen atoms in total. The quantitative estimate of drug-likeness (QED) is 0.622. The second-order valence-corrected chi connectivity index (χ2v) is 7.72. The Balaban J connectivity index is 0.00000320. The molecule has 0 aliphatic carbocycles. The first-order chi connectivity index (χ1) is 13.4. The van der Waals surface area contributed by atoms with Crippen LogP contribution in [0.2, 0.25) is 5.02 Å². The SMILES string of the molecule is C.CC(C)(N)C(=O)N[C@H](Cc1ccc(C(F)(F)F)cc1)c1nnc2ccc(Cl)cn12. The zero-order valence-corrected chi connectivity index (χ0v) is 16.4. The summed E-state index contributed by atoms with van der Waals surface area (Å²) >= 11 is 6.06. The largest absolute Gasteiger partial charge is 0.416 e. The molecule has 0 spiro atoms. The fraction of sp³-hybridized carbons (Fsp3) is 0.350. The molecule has 0 bridgehead atoms. The molecule has 0 aliphatic heterocycles. The van der Waals surface area contributed by atoms with Crippen LogP contribution in [0.3, 0.4) is 0 Å². The van der Waals surface area contributed by atoms with Gasteiger partial charge < -0.3 is 11.1 Å². The van der Waals surface area contributed by atoms with Gasteiger partial charge >= 0.3 is 6.18 Å². The molecule has 1 amide bonds. The van der Waals surface area contributed by atoms with Crippen LogP contribution in [-0.4, -0.2) is 26.0 Å². The second kappa shape index (κ2) is 8.61. The summed E-state index contributed by atoms with van der Waals surface area (Å²) in [6.45, 7) is 3.10. The third-order valence-electron chi connectivity index (χ3n) is 4.32. The van der Waals surface area contributed by atoms with E-state index in [0.717, 1.165) is 12.1 Å². The summed E-state index contributed by atoms with van der Waals surface area (Å²) in [5, 5.41) is 11.5. The summed E-state index contributed by atoms with van der Waals surface area (Å²) in [7, 11) is 0. The van der Waals surface area contributed by atoms with E-state index in [9.17, 15) is 18.0 Å². The van der Waals surface area contributed by atoms with E-state index in [2.05, 4.69) is 15.5 Å². The number of hydrogen-bond donors (Lipinski definition) is 2. The molecule has 3 N–H and O–H groups in total. The summed E-state index contributed by atoms with van der Waals surface area (Å²) in [6, 6.07) is 7.37. The van der Waals surface area contributed by atoms with Crippen molar-refractivity contribution < 1.29 is 18.0 Å². The predicted molar refractivity (Wildman–Crippen MR) is 109 cm³/mol. The van der Waals surface area contributed by atoms with Crippen molar-refractivity contribution in [3.05, 3.63) is 64.6 Å². The van der Waals surface area contributed by atoms with Crippen molar-refractivity contribution in [3.63, 3.8) is 0 Å². The van der Waals surface area contributed by atoms with Crippen LogP contribution >= 0.6 is 11.6 Å².